The lowest BCUT2D eigenvalue weighted by atomic mass is 10.1. The zero-order chi connectivity index (χ0) is 10.8. The van der Waals surface area contributed by atoms with E-state index in [1.54, 1.807) is 26.1 Å². The average Bonchev–Trinajstić information content (AvgIpc) is 2.51. The van der Waals surface area contributed by atoms with Gasteiger partial charge in [0.1, 0.15) is 5.69 Å². The molecule has 1 amide bonds. The molecule has 0 bridgehead atoms. The molecule has 0 saturated heterocycles. The predicted octanol–water partition coefficient (Wildman–Crippen LogP) is 1.92. The maximum Gasteiger partial charge on any atom is 0.268 e. The Labute approximate surface area is 91.4 Å². The third-order valence-electron chi connectivity index (χ3n) is 1.68. The summed E-state index contributed by atoms with van der Waals surface area (Å²) >= 11 is 3.25. The SMILES string of the molecule is C#CC(C)(C)NC(=O)c1cc(Br)c[nH]1. The summed E-state index contributed by atoms with van der Waals surface area (Å²) in [6.45, 7) is 3.53. The Morgan fingerprint density at radius 2 is 2.36 bits per heavy atom. The van der Waals surface area contributed by atoms with Gasteiger partial charge in [-0.3, -0.25) is 4.79 Å². The number of aromatic nitrogens is 1. The van der Waals surface area contributed by atoms with E-state index in [1.807, 2.05) is 0 Å². The molecule has 0 aromatic carbocycles. The lowest BCUT2D eigenvalue weighted by Crippen LogP contribution is -2.42. The maximum atomic E-state index is 11.6. The fraction of sp³-hybridized carbons (Fsp3) is 0.300. The van der Waals surface area contributed by atoms with Crippen molar-refractivity contribution in [3.63, 3.8) is 0 Å². The fourth-order valence-electron chi connectivity index (χ4n) is 0.886. The molecule has 1 rings (SSSR count). The molecule has 0 radical (unpaired) electrons. The molecule has 74 valence electrons. The normalized spacial score (nSPS) is 10.7. The molecule has 1 aromatic rings. The van der Waals surface area contributed by atoms with Crippen LogP contribution in [0.1, 0.15) is 24.3 Å². The first-order valence-electron chi connectivity index (χ1n) is 4.09. The number of carbonyl (C=O) groups is 1. The minimum absolute atomic E-state index is 0.210. The van der Waals surface area contributed by atoms with Crippen LogP contribution in [0.15, 0.2) is 16.7 Å². The van der Waals surface area contributed by atoms with Crippen LogP contribution in [0, 0.1) is 12.3 Å². The molecule has 0 fully saturated rings. The van der Waals surface area contributed by atoms with E-state index in [2.05, 4.69) is 32.2 Å². The van der Waals surface area contributed by atoms with Crippen LogP contribution in [0.4, 0.5) is 0 Å². The number of H-pyrrole nitrogens is 1. The van der Waals surface area contributed by atoms with Crippen molar-refractivity contribution >= 4 is 21.8 Å². The number of hydrogen-bond donors (Lipinski definition) is 2. The number of amides is 1. The Bertz CT molecular complexity index is 387. The van der Waals surface area contributed by atoms with Gasteiger partial charge in [0, 0.05) is 10.7 Å². The highest BCUT2D eigenvalue weighted by atomic mass is 79.9. The topological polar surface area (TPSA) is 44.9 Å². The highest BCUT2D eigenvalue weighted by molar-refractivity contribution is 9.10. The highest BCUT2D eigenvalue weighted by Crippen LogP contribution is 2.11. The standard InChI is InChI=1S/C10H11BrN2O/c1-4-10(2,3)13-9(14)8-5-7(11)6-12-8/h1,5-6,12H,2-3H3,(H,13,14). The first kappa shape index (κ1) is 10.9. The van der Waals surface area contributed by atoms with E-state index in [1.165, 1.54) is 0 Å². The van der Waals surface area contributed by atoms with Crippen molar-refractivity contribution in [2.75, 3.05) is 0 Å². The summed E-state index contributed by atoms with van der Waals surface area (Å²) in [5, 5.41) is 2.71. The van der Waals surface area contributed by atoms with Crippen molar-refractivity contribution in [3.05, 3.63) is 22.4 Å². The molecule has 0 saturated carbocycles. The molecule has 3 nitrogen and oxygen atoms in total. The van der Waals surface area contributed by atoms with Crippen LogP contribution in [0.25, 0.3) is 0 Å². The van der Waals surface area contributed by atoms with E-state index >= 15 is 0 Å². The van der Waals surface area contributed by atoms with Gasteiger partial charge < -0.3 is 10.3 Å². The molecule has 0 aliphatic carbocycles. The zero-order valence-electron chi connectivity index (χ0n) is 8.02. The summed E-state index contributed by atoms with van der Waals surface area (Å²) in [7, 11) is 0. The van der Waals surface area contributed by atoms with Crippen molar-refractivity contribution in [2.45, 2.75) is 19.4 Å². The smallest absolute Gasteiger partial charge is 0.268 e. The largest absolute Gasteiger partial charge is 0.356 e. The maximum absolute atomic E-state index is 11.6. The monoisotopic (exact) mass is 254 g/mol. The van der Waals surface area contributed by atoms with E-state index in [4.69, 9.17) is 6.42 Å². The van der Waals surface area contributed by atoms with Crippen LogP contribution >= 0.6 is 15.9 Å². The van der Waals surface area contributed by atoms with Crippen molar-refractivity contribution in [3.8, 4) is 12.3 Å². The number of aromatic amines is 1. The van der Waals surface area contributed by atoms with Crippen LogP contribution in [0.2, 0.25) is 0 Å². The molecule has 0 aliphatic rings. The molecule has 0 spiro atoms. The van der Waals surface area contributed by atoms with Gasteiger partial charge in [-0.15, -0.1) is 6.42 Å². The Morgan fingerprint density at radius 1 is 1.71 bits per heavy atom. The molecule has 14 heavy (non-hydrogen) atoms. The number of nitrogens with one attached hydrogen (secondary N) is 2. The van der Waals surface area contributed by atoms with E-state index in [0.717, 1.165) is 4.47 Å². The summed E-state index contributed by atoms with van der Waals surface area (Å²) in [5.74, 6) is 2.28. The van der Waals surface area contributed by atoms with Gasteiger partial charge in [0.15, 0.2) is 0 Å². The van der Waals surface area contributed by atoms with E-state index in [9.17, 15) is 4.79 Å². The molecular weight excluding hydrogens is 244 g/mol. The third-order valence-corrected chi connectivity index (χ3v) is 2.14. The highest BCUT2D eigenvalue weighted by Gasteiger charge is 2.18. The van der Waals surface area contributed by atoms with Gasteiger partial charge in [0.05, 0.1) is 5.54 Å². The Balaban J connectivity index is 2.74. The van der Waals surface area contributed by atoms with Crippen LogP contribution in [-0.2, 0) is 0 Å². The molecule has 1 aromatic heterocycles. The quantitative estimate of drug-likeness (QED) is 0.779. The fourth-order valence-corrected chi connectivity index (χ4v) is 1.23. The molecule has 2 N–H and O–H groups in total. The van der Waals surface area contributed by atoms with Gasteiger partial charge in [0.25, 0.3) is 5.91 Å². The number of hydrogen-bond acceptors (Lipinski definition) is 1. The summed E-state index contributed by atoms with van der Waals surface area (Å²) in [5.41, 5.74) is -0.144. The first-order valence-corrected chi connectivity index (χ1v) is 4.88. The average molecular weight is 255 g/mol. The van der Waals surface area contributed by atoms with Gasteiger partial charge in [0.2, 0.25) is 0 Å². The second-order valence-corrected chi connectivity index (χ2v) is 4.37. The van der Waals surface area contributed by atoms with Gasteiger partial charge in [-0.2, -0.15) is 0 Å². The number of rotatable bonds is 2. The van der Waals surface area contributed by atoms with Crippen LogP contribution < -0.4 is 5.32 Å². The van der Waals surface area contributed by atoms with Crippen LogP contribution in [-0.4, -0.2) is 16.4 Å². The van der Waals surface area contributed by atoms with E-state index < -0.39 is 5.54 Å². The summed E-state index contributed by atoms with van der Waals surface area (Å²) in [6.07, 6.45) is 6.95. The molecular formula is C10H11BrN2O. The van der Waals surface area contributed by atoms with Gasteiger partial charge >= 0.3 is 0 Å². The van der Waals surface area contributed by atoms with Gasteiger partial charge in [-0.25, -0.2) is 0 Å². The van der Waals surface area contributed by atoms with Crippen LogP contribution in [0.3, 0.4) is 0 Å². The Kier molecular flexibility index (Phi) is 3.02. The molecule has 0 atom stereocenters. The Hall–Kier alpha value is -1.21. The summed E-state index contributed by atoms with van der Waals surface area (Å²) < 4.78 is 0.834. The van der Waals surface area contributed by atoms with Crippen molar-refractivity contribution in [1.82, 2.24) is 10.3 Å². The van der Waals surface area contributed by atoms with E-state index in [0.29, 0.717) is 5.69 Å². The molecule has 0 aliphatic heterocycles. The van der Waals surface area contributed by atoms with Gasteiger partial charge in [-0.05, 0) is 35.8 Å². The van der Waals surface area contributed by atoms with Gasteiger partial charge in [-0.1, -0.05) is 5.92 Å². The first-order chi connectivity index (χ1) is 6.44. The predicted molar refractivity (Wildman–Crippen MR) is 58.9 cm³/mol. The van der Waals surface area contributed by atoms with Crippen molar-refractivity contribution in [2.24, 2.45) is 0 Å². The van der Waals surface area contributed by atoms with Crippen LogP contribution in [0.5, 0.6) is 0 Å². The minimum Gasteiger partial charge on any atom is -0.356 e. The van der Waals surface area contributed by atoms with E-state index in [-0.39, 0.29) is 5.91 Å². The number of terminal acetylenes is 1. The second kappa shape index (κ2) is 3.89. The zero-order valence-corrected chi connectivity index (χ0v) is 9.60. The Morgan fingerprint density at radius 3 is 2.79 bits per heavy atom. The minimum atomic E-state index is -0.630. The lowest BCUT2D eigenvalue weighted by Gasteiger charge is -2.18. The summed E-state index contributed by atoms with van der Waals surface area (Å²) in [4.78, 5) is 14.4. The second-order valence-electron chi connectivity index (χ2n) is 3.46. The number of carbonyl (C=O) groups excluding carboxylic acids is 1. The lowest BCUT2D eigenvalue weighted by molar-refractivity contribution is 0.0925. The number of halogens is 1. The third kappa shape index (κ3) is 2.64. The molecule has 0 unspecified atom stereocenters. The summed E-state index contributed by atoms with van der Waals surface area (Å²) in [6, 6.07) is 1.70. The van der Waals surface area contributed by atoms with Crippen molar-refractivity contribution in [1.29, 1.82) is 0 Å². The molecule has 1 heterocycles. The van der Waals surface area contributed by atoms with Crippen molar-refractivity contribution < 1.29 is 4.79 Å². The molecule has 4 heteroatoms.